The first-order valence-electron chi connectivity index (χ1n) is 6.91. The van der Waals surface area contributed by atoms with Gasteiger partial charge >= 0.3 is 0 Å². The molecule has 1 heterocycles. The molecule has 2 rings (SSSR count). The van der Waals surface area contributed by atoms with Crippen molar-refractivity contribution in [2.75, 3.05) is 0 Å². The lowest BCUT2D eigenvalue weighted by molar-refractivity contribution is 0.328. The summed E-state index contributed by atoms with van der Waals surface area (Å²) in [6.45, 7) is 3.93. The molecule has 2 atom stereocenters. The molecule has 0 N–H and O–H groups in total. The molecule has 0 radical (unpaired) electrons. The third-order valence-corrected chi connectivity index (χ3v) is 7.30. The largest absolute Gasteiger partial charge is 0.245 e. The van der Waals surface area contributed by atoms with Gasteiger partial charge in [0, 0.05) is 22.7 Å². The summed E-state index contributed by atoms with van der Waals surface area (Å²) >= 11 is 18.1. The van der Waals surface area contributed by atoms with Crippen LogP contribution in [0.15, 0.2) is 17.0 Å². The molecule has 7 heteroatoms. The Morgan fingerprint density at radius 1 is 1.29 bits per heavy atom. The molecular formula is C14H18Cl3NO2S. The fraction of sp³-hybridized carbons (Fsp3) is 0.571. The number of alkyl halides is 1. The van der Waals surface area contributed by atoms with Crippen LogP contribution in [0.5, 0.6) is 0 Å². The number of sulfonamides is 1. The summed E-state index contributed by atoms with van der Waals surface area (Å²) in [7, 11) is -3.65. The van der Waals surface area contributed by atoms with Crippen molar-refractivity contribution >= 4 is 44.8 Å². The van der Waals surface area contributed by atoms with Gasteiger partial charge in [0.05, 0.1) is 10.9 Å². The predicted octanol–water partition coefficient (Wildman–Crippen LogP) is 4.68. The molecule has 21 heavy (non-hydrogen) atoms. The highest BCUT2D eigenvalue weighted by Crippen LogP contribution is 2.38. The molecule has 1 saturated heterocycles. The van der Waals surface area contributed by atoms with Crippen LogP contribution in [0.4, 0.5) is 0 Å². The monoisotopic (exact) mass is 369 g/mol. The Kier molecular flexibility index (Phi) is 5.48. The van der Waals surface area contributed by atoms with E-state index in [2.05, 4.69) is 0 Å². The zero-order valence-corrected chi connectivity index (χ0v) is 15.0. The number of benzene rings is 1. The van der Waals surface area contributed by atoms with Crippen LogP contribution < -0.4 is 0 Å². The standard InChI is InChI=1S/C14H18Cl3NO2S/c1-3-10-5-4-9(2)18(10)21(19,20)13-7-6-12(16)11(8-15)14(13)17/h6-7,9-10H,3-5,8H2,1-2H3. The molecule has 118 valence electrons. The molecule has 1 aliphatic rings. The molecule has 1 fully saturated rings. The van der Waals surface area contributed by atoms with Gasteiger partial charge in [0.2, 0.25) is 10.0 Å². The lowest BCUT2D eigenvalue weighted by Crippen LogP contribution is -2.39. The van der Waals surface area contributed by atoms with Gasteiger partial charge in [0.1, 0.15) is 4.90 Å². The smallest absolute Gasteiger partial charge is 0.207 e. The van der Waals surface area contributed by atoms with Gasteiger partial charge in [0.25, 0.3) is 0 Å². The van der Waals surface area contributed by atoms with Crippen LogP contribution in [0.3, 0.4) is 0 Å². The summed E-state index contributed by atoms with van der Waals surface area (Å²) < 4.78 is 27.5. The molecule has 1 aromatic rings. The minimum atomic E-state index is -3.65. The lowest BCUT2D eigenvalue weighted by atomic mass is 10.2. The SMILES string of the molecule is CCC1CCC(C)N1S(=O)(=O)c1ccc(Cl)c(CCl)c1Cl. The Bertz CT molecular complexity index is 633. The van der Waals surface area contributed by atoms with E-state index in [0.29, 0.717) is 10.6 Å². The van der Waals surface area contributed by atoms with E-state index in [1.165, 1.54) is 6.07 Å². The molecule has 2 unspecified atom stereocenters. The van der Waals surface area contributed by atoms with Gasteiger partial charge in [-0.1, -0.05) is 30.1 Å². The fourth-order valence-electron chi connectivity index (χ4n) is 2.88. The summed E-state index contributed by atoms with van der Waals surface area (Å²) in [6, 6.07) is 3.01. The van der Waals surface area contributed by atoms with Crippen LogP contribution in [0, 0.1) is 0 Å². The van der Waals surface area contributed by atoms with Gasteiger partial charge in [-0.25, -0.2) is 8.42 Å². The van der Waals surface area contributed by atoms with E-state index in [-0.39, 0.29) is 27.9 Å². The summed E-state index contributed by atoms with van der Waals surface area (Å²) in [5.74, 6) is 0.0772. The van der Waals surface area contributed by atoms with E-state index in [4.69, 9.17) is 34.8 Å². The molecule has 1 aromatic carbocycles. The van der Waals surface area contributed by atoms with Crippen LogP contribution in [-0.2, 0) is 15.9 Å². The first-order chi connectivity index (χ1) is 9.84. The van der Waals surface area contributed by atoms with E-state index in [1.807, 2.05) is 13.8 Å². The van der Waals surface area contributed by atoms with Gasteiger partial charge < -0.3 is 0 Å². The number of rotatable bonds is 4. The topological polar surface area (TPSA) is 37.4 Å². The third kappa shape index (κ3) is 3.06. The van der Waals surface area contributed by atoms with Crippen LogP contribution >= 0.6 is 34.8 Å². The highest BCUT2D eigenvalue weighted by molar-refractivity contribution is 7.89. The highest BCUT2D eigenvalue weighted by Gasteiger charge is 2.40. The Morgan fingerprint density at radius 3 is 2.52 bits per heavy atom. The van der Waals surface area contributed by atoms with Gasteiger partial charge in [-0.3, -0.25) is 0 Å². The number of nitrogens with zero attached hydrogens (tertiary/aromatic N) is 1. The second-order valence-electron chi connectivity index (χ2n) is 5.30. The quantitative estimate of drug-likeness (QED) is 0.721. The van der Waals surface area contributed by atoms with Gasteiger partial charge in [-0.15, -0.1) is 11.6 Å². The zero-order chi connectivity index (χ0) is 15.8. The normalized spacial score (nSPS) is 23.7. The van der Waals surface area contributed by atoms with E-state index < -0.39 is 10.0 Å². The van der Waals surface area contributed by atoms with Crippen molar-refractivity contribution in [3.63, 3.8) is 0 Å². The summed E-state index contributed by atoms with van der Waals surface area (Å²) in [5, 5.41) is 0.516. The van der Waals surface area contributed by atoms with Crippen molar-refractivity contribution in [2.24, 2.45) is 0 Å². The highest BCUT2D eigenvalue weighted by atomic mass is 35.5. The van der Waals surface area contributed by atoms with Crippen molar-refractivity contribution in [1.82, 2.24) is 4.31 Å². The summed E-state index contributed by atoms with van der Waals surface area (Å²) in [4.78, 5) is 0.0939. The molecule has 0 bridgehead atoms. The van der Waals surface area contributed by atoms with Gasteiger partial charge in [-0.05, 0) is 38.3 Å². The summed E-state index contributed by atoms with van der Waals surface area (Å²) in [5.41, 5.74) is 0.459. The molecule has 0 aliphatic carbocycles. The van der Waals surface area contributed by atoms with E-state index in [1.54, 1.807) is 10.4 Å². The molecule has 3 nitrogen and oxygen atoms in total. The van der Waals surface area contributed by atoms with Crippen LogP contribution in [0.1, 0.15) is 38.7 Å². The van der Waals surface area contributed by atoms with Crippen molar-refractivity contribution in [2.45, 2.75) is 56.0 Å². The number of hydrogen-bond acceptors (Lipinski definition) is 2. The average molecular weight is 371 g/mol. The van der Waals surface area contributed by atoms with Gasteiger partial charge in [0.15, 0.2) is 0 Å². The maximum atomic E-state index is 13.0. The minimum absolute atomic E-state index is 0.0221. The maximum Gasteiger partial charge on any atom is 0.245 e. The fourth-order valence-corrected chi connectivity index (χ4v) is 6.13. The molecular weight excluding hydrogens is 353 g/mol. The molecule has 0 amide bonds. The number of halogens is 3. The molecule has 0 aromatic heterocycles. The van der Waals surface area contributed by atoms with Crippen LogP contribution in [0.25, 0.3) is 0 Å². The zero-order valence-electron chi connectivity index (χ0n) is 11.9. The predicted molar refractivity (Wildman–Crippen MR) is 87.8 cm³/mol. The second-order valence-corrected chi connectivity index (χ2v) is 8.16. The Labute approximate surface area is 141 Å². The molecule has 1 aliphatic heterocycles. The first kappa shape index (κ1) is 17.4. The van der Waals surface area contributed by atoms with E-state index >= 15 is 0 Å². The van der Waals surface area contributed by atoms with Crippen molar-refractivity contribution in [3.05, 3.63) is 27.7 Å². The van der Waals surface area contributed by atoms with Crippen LogP contribution in [-0.4, -0.2) is 24.8 Å². The Balaban J connectivity index is 2.54. The van der Waals surface area contributed by atoms with Crippen molar-refractivity contribution in [1.29, 1.82) is 0 Å². The van der Waals surface area contributed by atoms with Crippen molar-refractivity contribution < 1.29 is 8.42 Å². The van der Waals surface area contributed by atoms with Crippen LogP contribution in [0.2, 0.25) is 10.0 Å². The second kappa shape index (κ2) is 6.63. The molecule has 0 saturated carbocycles. The Hall–Kier alpha value is -0.000000000000000167. The molecule has 0 spiro atoms. The third-order valence-electron chi connectivity index (χ3n) is 4.02. The van der Waals surface area contributed by atoms with Gasteiger partial charge in [-0.2, -0.15) is 4.31 Å². The summed E-state index contributed by atoms with van der Waals surface area (Å²) in [6.07, 6.45) is 2.53. The van der Waals surface area contributed by atoms with E-state index in [0.717, 1.165) is 19.3 Å². The number of hydrogen-bond donors (Lipinski definition) is 0. The van der Waals surface area contributed by atoms with Crippen molar-refractivity contribution in [3.8, 4) is 0 Å². The first-order valence-corrected chi connectivity index (χ1v) is 9.64. The lowest BCUT2D eigenvalue weighted by Gasteiger charge is -2.27. The van der Waals surface area contributed by atoms with E-state index in [9.17, 15) is 8.42 Å². The Morgan fingerprint density at radius 2 is 1.95 bits per heavy atom. The minimum Gasteiger partial charge on any atom is -0.207 e. The average Bonchev–Trinajstić information content (AvgIpc) is 2.80. The maximum absolute atomic E-state index is 13.0.